The molecular formula is C20H17N3O2. The summed E-state index contributed by atoms with van der Waals surface area (Å²) in [7, 11) is 0. The summed E-state index contributed by atoms with van der Waals surface area (Å²) in [5.74, 6) is 0.931. The molecule has 1 atom stereocenters. The number of para-hydroxylation sites is 1. The molecule has 4 rings (SSSR count). The molecule has 0 fully saturated rings. The number of fused-ring (bicyclic) bond motifs is 1. The number of nitrogens with zero attached hydrogens (tertiary/aromatic N) is 3. The minimum absolute atomic E-state index is 0.0259. The molecule has 25 heavy (non-hydrogen) atoms. The van der Waals surface area contributed by atoms with E-state index >= 15 is 0 Å². The van der Waals surface area contributed by atoms with Crippen LogP contribution < -0.4 is 9.64 Å². The van der Waals surface area contributed by atoms with Gasteiger partial charge in [0.25, 0.3) is 5.91 Å². The van der Waals surface area contributed by atoms with Crippen molar-refractivity contribution in [1.82, 2.24) is 9.97 Å². The molecule has 1 aliphatic rings. The largest absolute Gasteiger partial charge is 0.437 e. The lowest BCUT2D eigenvalue weighted by Gasteiger charge is -2.23. The van der Waals surface area contributed by atoms with Crippen LogP contribution in [-0.4, -0.2) is 21.9 Å². The molecule has 0 saturated carbocycles. The highest BCUT2D eigenvalue weighted by Crippen LogP contribution is 2.33. The molecule has 1 aliphatic heterocycles. The average Bonchev–Trinajstić information content (AvgIpc) is 2.98. The van der Waals surface area contributed by atoms with Gasteiger partial charge in [-0.2, -0.15) is 0 Å². The molecular weight excluding hydrogens is 314 g/mol. The predicted molar refractivity (Wildman–Crippen MR) is 95.0 cm³/mol. The van der Waals surface area contributed by atoms with E-state index in [0.717, 1.165) is 12.1 Å². The lowest BCUT2D eigenvalue weighted by atomic mass is 10.1. The summed E-state index contributed by atoms with van der Waals surface area (Å²) in [6.45, 7) is 2.07. The van der Waals surface area contributed by atoms with Crippen LogP contribution in [0.2, 0.25) is 0 Å². The second kappa shape index (κ2) is 6.36. The SMILES string of the molecule is C[C@H]1Cc2ccccc2N1C(=O)c1cccc(Oc2cnccn2)c1. The van der Waals surface area contributed by atoms with Gasteiger partial charge >= 0.3 is 0 Å². The Morgan fingerprint density at radius 2 is 2.04 bits per heavy atom. The number of carbonyl (C=O) groups is 1. The van der Waals surface area contributed by atoms with Crippen molar-refractivity contribution >= 4 is 11.6 Å². The molecule has 5 nitrogen and oxygen atoms in total. The van der Waals surface area contributed by atoms with Gasteiger partial charge in [0, 0.05) is 29.7 Å². The Morgan fingerprint density at radius 3 is 2.88 bits per heavy atom. The molecule has 0 N–H and O–H groups in total. The maximum absolute atomic E-state index is 13.1. The van der Waals surface area contributed by atoms with Crippen molar-refractivity contribution in [3.05, 3.63) is 78.2 Å². The van der Waals surface area contributed by atoms with Crippen molar-refractivity contribution < 1.29 is 9.53 Å². The number of hydrogen-bond acceptors (Lipinski definition) is 4. The number of hydrogen-bond donors (Lipinski definition) is 0. The third-order valence-corrected chi connectivity index (χ3v) is 4.27. The number of anilines is 1. The van der Waals surface area contributed by atoms with Crippen LogP contribution in [0.3, 0.4) is 0 Å². The van der Waals surface area contributed by atoms with E-state index in [1.165, 1.54) is 11.8 Å². The van der Waals surface area contributed by atoms with E-state index in [2.05, 4.69) is 23.0 Å². The molecule has 1 amide bonds. The Morgan fingerprint density at radius 1 is 1.16 bits per heavy atom. The first kappa shape index (κ1) is 15.3. The van der Waals surface area contributed by atoms with Crippen LogP contribution in [0.4, 0.5) is 5.69 Å². The molecule has 0 unspecified atom stereocenters. The first-order valence-corrected chi connectivity index (χ1v) is 8.18. The predicted octanol–water partition coefficient (Wildman–Crippen LogP) is 3.86. The van der Waals surface area contributed by atoms with Crippen molar-refractivity contribution in [2.24, 2.45) is 0 Å². The minimum atomic E-state index is -0.0259. The van der Waals surface area contributed by atoms with E-state index in [1.807, 2.05) is 29.2 Å². The molecule has 0 saturated heterocycles. The summed E-state index contributed by atoms with van der Waals surface area (Å²) in [5.41, 5.74) is 2.78. The summed E-state index contributed by atoms with van der Waals surface area (Å²) >= 11 is 0. The molecule has 0 spiro atoms. The quantitative estimate of drug-likeness (QED) is 0.731. The molecule has 0 aliphatic carbocycles. The van der Waals surface area contributed by atoms with Crippen LogP contribution in [0, 0.1) is 0 Å². The molecule has 124 valence electrons. The van der Waals surface area contributed by atoms with Gasteiger partial charge in [-0.05, 0) is 43.2 Å². The second-order valence-corrected chi connectivity index (χ2v) is 6.03. The minimum Gasteiger partial charge on any atom is -0.437 e. The van der Waals surface area contributed by atoms with Gasteiger partial charge in [0.2, 0.25) is 5.88 Å². The van der Waals surface area contributed by atoms with Crippen molar-refractivity contribution in [3.8, 4) is 11.6 Å². The van der Waals surface area contributed by atoms with E-state index in [1.54, 1.807) is 30.6 Å². The van der Waals surface area contributed by atoms with Gasteiger partial charge in [-0.1, -0.05) is 24.3 Å². The zero-order chi connectivity index (χ0) is 17.2. The lowest BCUT2D eigenvalue weighted by Crippen LogP contribution is -2.35. The Labute approximate surface area is 145 Å². The summed E-state index contributed by atoms with van der Waals surface area (Å²) in [6, 6.07) is 15.3. The van der Waals surface area contributed by atoms with Crippen LogP contribution in [-0.2, 0) is 6.42 Å². The summed E-state index contributed by atoms with van der Waals surface area (Å²) in [4.78, 5) is 23.0. The van der Waals surface area contributed by atoms with Crippen molar-refractivity contribution in [3.63, 3.8) is 0 Å². The second-order valence-electron chi connectivity index (χ2n) is 6.03. The van der Waals surface area contributed by atoms with Crippen LogP contribution in [0.1, 0.15) is 22.8 Å². The highest BCUT2D eigenvalue weighted by molar-refractivity contribution is 6.08. The van der Waals surface area contributed by atoms with E-state index in [4.69, 9.17) is 4.74 Å². The standard InChI is InChI=1S/C20H17N3O2/c1-14-11-15-5-2-3-8-18(15)23(14)20(24)16-6-4-7-17(12-16)25-19-13-21-9-10-22-19/h2-10,12-14H,11H2,1H3/t14-/m0/s1. The maximum Gasteiger partial charge on any atom is 0.258 e. The summed E-state index contributed by atoms with van der Waals surface area (Å²) < 4.78 is 5.68. The Hall–Kier alpha value is -3.21. The van der Waals surface area contributed by atoms with E-state index < -0.39 is 0 Å². The van der Waals surface area contributed by atoms with Gasteiger partial charge in [-0.3, -0.25) is 9.78 Å². The van der Waals surface area contributed by atoms with E-state index in [9.17, 15) is 4.79 Å². The van der Waals surface area contributed by atoms with Crippen molar-refractivity contribution in [1.29, 1.82) is 0 Å². The van der Waals surface area contributed by atoms with Gasteiger partial charge in [0.1, 0.15) is 5.75 Å². The average molecular weight is 331 g/mol. The van der Waals surface area contributed by atoms with Crippen molar-refractivity contribution in [2.45, 2.75) is 19.4 Å². The van der Waals surface area contributed by atoms with Crippen LogP contribution in [0.5, 0.6) is 11.6 Å². The van der Waals surface area contributed by atoms with Crippen LogP contribution in [0.15, 0.2) is 67.1 Å². The Bertz CT molecular complexity index is 912. The highest BCUT2D eigenvalue weighted by Gasteiger charge is 2.31. The molecule has 0 bridgehead atoms. The molecule has 3 aromatic rings. The van der Waals surface area contributed by atoms with Gasteiger partial charge in [-0.25, -0.2) is 4.98 Å². The third-order valence-electron chi connectivity index (χ3n) is 4.27. The summed E-state index contributed by atoms with van der Waals surface area (Å²) in [5, 5.41) is 0. The number of rotatable bonds is 3. The molecule has 1 aromatic heterocycles. The molecule has 2 aromatic carbocycles. The molecule has 5 heteroatoms. The first-order valence-electron chi connectivity index (χ1n) is 8.18. The number of carbonyl (C=O) groups excluding carboxylic acids is 1. The fourth-order valence-corrected chi connectivity index (χ4v) is 3.17. The zero-order valence-corrected chi connectivity index (χ0v) is 13.8. The third kappa shape index (κ3) is 2.96. The van der Waals surface area contributed by atoms with Gasteiger partial charge in [0.15, 0.2) is 0 Å². The number of benzene rings is 2. The van der Waals surface area contributed by atoms with Crippen LogP contribution in [0.25, 0.3) is 0 Å². The monoisotopic (exact) mass is 331 g/mol. The lowest BCUT2D eigenvalue weighted by molar-refractivity contribution is 0.0981. The fourth-order valence-electron chi connectivity index (χ4n) is 3.17. The number of aromatic nitrogens is 2. The van der Waals surface area contributed by atoms with Crippen LogP contribution >= 0.6 is 0 Å². The Balaban J connectivity index is 1.62. The Kier molecular flexibility index (Phi) is 3.90. The fraction of sp³-hybridized carbons (Fsp3) is 0.150. The van der Waals surface area contributed by atoms with Gasteiger partial charge in [0.05, 0.1) is 6.20 Å². The molecule has 2 heterocycles. The molecule has 0 radical (unpaired) electrons. The maximum atomic E-state index is 13.1. The number of ether oxygens (including phenoxy) is 1. The normalized spacial score (nSPS) is 15.7. The van der Waals surface area contributed by atoms with Crippen molar-refractivity contribution in [2.75, 3.05) is 4.90 Å². The topological polar surface area (TPSA) is 55.3 Å². The zero-order valence-electron chi connectivity index (χ0n) is 13.8. The van der Waals surface area contributed by atoms with Gasteiger partial charge < -0.3 is 9.64 Å². The highest BCUT2D eigenvalue weighted by atomic mass is 16.5. The number of amides is 1. The first-order chi connectivity index (χ1) is 12.2. The summed E-state index contributed by atoms with van der Waals surface area (Å²) in [6.07, 6.45) is 5.55. The van der Waals surface area contributed by atoms with Gasteiger partial charge in [-0.15, -0.1) is 0 Å². The smallest absolute Gasteiger partial charge is 0.258 e. The van der Waals surface area contributed by atoms with E-state index in [0.29, 0.717) is 17.2 Å². The van der Waals surface area contributed by atoms with E-state index in [-0.39, 0.29) is 11.9 Å².